The van der Waals surface area contributed by atoms with Gasteiger partial charge in [0.2, 0.25) is 17.7 Å². The molecular weight excluding hydrogens is 1280 g/mol. The highest BCUT2D eigenvalue weighted by atomic mass is 16.5. The number of nitrogens with one attached hydrogen (secondary N) is 3. The Bertz CT molecular complexity index is 3160. The highest BCUT2D eigenvalue weighted by Gasteiger charge is 2.62. The van der Waals surface area contributed by atoms with Crippen LogP contribution in [-0.4, -0.2) is 289 Å². The first-order valence-corrected chi connectivity index (χ1v) is 34.7. The monoisotopic (exact) mass is 1390 g/mol. The summed E-state index contributed by atoms with van der Waals surface area (Å²) in [6, 6.07) is 13.3. The summed E-state index contributed by atoms with van der Waals surface area (Å²) < 4.78 is 23.9. The summed E-state index contributed by atoms with van der Waals surface area (Å²) in [5, 5.41) is 64.2. The van der Waals surface area contributed by atoms with Crippen LogP contribution in [0.4, 0.5) is 0 Å². The first-order chi connectivity index (χ1) is 47.4. The number of carboxylic acids is 4. The van der Waals surface area contributed by atoms with Gasteiger partial charge in [0, 0.05) is 112 Å². The number of ether oxygens (including phenoxy) is 4. The van der Waals surface area contributed by atoms with Crippen molar-refractivity contribution in [1.29, 1.82) is 0 Å². The summed E-state index contributed by atoms with van der Waals surface area (Å²) in [6.45, 7) is 10.3. The number of hydrogen-bond donors (Lipinski definition) is 8. The van der Waals surface area contributed by atoms with Crippen LogP contribution < -0.4 is 20.7 Å². The number of nitrogens with zero attached hydrogens (tertiary/aromatic N) is 8. The van der Waals surface area contributed by atoms with Gasteiger partial charge >= 0.3 is 23.9 Å². The Morgan fingerprint density at radius 1 is 0.667 bits per heavy atom. The van der Waals surface area contributed by atoms with Gasteiger partial charge in [-0.2, -0.15) is 5.10 Å². The van der Waals surface area contributed by atoms with Gasteiger partial charge in [-0.15, -0.1) is 0 Å². The van der Waals surface area contributed by atoms with E-state index in [1.54, 1.807) is 56.8 Å². The van der Waals surface area contributed by atoms with E-state index in [0.29, 0.717) is 152 Å². The van der Waals surface area contributed by atoms with Crippen LogP contribution in [0.3, 0.4) is 0 Å². The van der Waals surface area contributed by atoms with Gasteiger partial charge in [0.15, 0.2) is 5.69 Å². The van der Waals surface area contributed by atoms with Gasteiger partial charge in [-0.1, -0.05) is 26.0 Å². The molecule has 4 bridgehead atoms. The maximum Gasteiger partial charge on any atom is 0.330 e. The zero-order valence-electron chi connectivity index (χ0n) is 58.3. The van der Waals surface area contributed by atoms with Crippen molar-refractivity contribution in [2.24, 2.45) is 23.7 Å². The zero-order chi connectivity index (χ0) is 71.8. The molecule has 29 nitrogen and oxygen atoms in total. The minimum absolute atomic E-state index is 0.0234. The van der Waals surface area contributed by atoms with Gasteiger partial charge < -0.3 is 75.1 Å². The molecule has 3 aromatic rings. The van der Waals surface area contributed by atoms with E-state index in [4.69, 9.17) is 24.0 Å². The number of hydrogen-bond acceptors (Lipinski definition) is 19. The molecule has 5 aliphatic rings. The first kappa shape index (κ1) is 78.4. The summed E-state index contributed by atoms with van der Waals surface area (Å²) in [5.74, 6) is -5.22. The van der Waals surface area contributed by atoms with E-state index < -0.39 is 41.4 Å². The van der Waals surface area contributed by atoms with Crippen molar-refractivity contribution < 1.29 is 87.6 Å². The predicted octanol–water partition coefficient (Wildman–Crippen LogP) is 3.39. The fourth-order valence-corrected chi connectivity index (χ4v) is 14.3. The number of aliphatic carboxylic acids is 4. The average Bonchev–Trinajstić information content (AvgIpc) is 1.08. The lowest BCUT2D eigenvalue weighted by molar-refractivity contribution is -0.163. The summed E-state index contributed by atoms with van der Waals surface area (Å²) in [7, 11) is 6.90. The third-order valence-electron chi connectivity index (χ3n) is 19.4. The Kier molecular flexibility index (Phi) is 30.5. The maximum absolute atomic E-state index is 14.4. The number of carboxylic acid groups (broad SMARTS) is 4. The lowest BCUT2D eigenvalue weighted by atomic mass is 9.48. The Hall–Kier alpha value is -7.98. The molecule has 2 aromatic carbocycles. The van der Waals surface area contributed by atoms with Crippen LogP contribution >= 0.6 is 0 Å². The van der Waals surface area contributed by atoms with Crippen molar-refractivity contribution in [2.75, 3.05) is 160 Å². The topological polar surface area (TPSA) is 365 Å². The summed E-state index contributed by atoms with van der Waals surface area (Å²) in [5.41, 5.74) is 0.429. The molecule has 4 aliphatic carbocycles. The van der Waals surface area contributed by atoms with Crippen LogP contribution in [0, 0.1) is 35.8 Å². The predicted molar refractivity (Wildman–Crippen MR) is 363 cm³/mol. The molecule has 1 saturated heterocycles. The second kappa shape index (κ2) is 38.6. The number of aromatic hydroxyl groups is 1. The molecule has 8 N–H and O–H groups in total. The van der Waals surface area contributed by atoms with E-state index in [-0.39, 0.29) is 129 Å². The van der Waals surface area contributed by atoms with E-state index in [9.17, 15) is 68.7 Å². The zero-order valence-corrected chi connectivity index (χ0v) is 58.3. The number of carbonyl (C=O) groups is 9. The molecule has 1 atom stereocenters. The van der Waals surface area contributed by atoms with Crippen molar-refractivity contribution >= 4 is 53.4 Å². The molecule has 2 heterocycles. The normalized spacial score (nSPS) is 19.7. The van der Waals surface area contributed by atoms with Gasteiger partial charge in [0.1, 0.15) is 28.8 Å². The van der Waals surface area contributed by atoms with Crippen LogP contribution in [0.5, 0.6) is 11.5 Å². The van der Waals surface area contributed by atoms with Crippen molar-refractivity contribution in [2.45, 2.75) is 115 Å². The number of phenols is 1. The van der Waals surface area contributed by atoms with Crippen LogP contribution in [0.25, 0.3) is 16.9 Å². The smallest absolute Gasteiger partial charge is 0.330 e. The second-order valence-corrected chi connectivity index (χ2v) is 26.9. The third-order valence-corrected chi connectivity index (χ3v) is 19.4. The summed E-state index contributed by atoms with van der Waals surface area (Å²) in [6.07, 6.45) is 6.74. The van der Waals surface area contributed by atoms with Crippen molar-refractivity contribution in [3.63, 3.8) is 0 Å². The Morgan fingerprint density at radius 3 is 1.75 bits per heavy atom. The number of aromatic nitrogens is 2. The van der Waals surface area contributed by atoms with Crippen molar-refractivity contribution in [1.82, 2.24) is 55.1 Å². The minimum atomic E-state index is -1.42. The van der Waals surface area contributed by atoms with E-state index in [1.807, 2.05) is 20.9 Å². The second-order valence-electron chi connectivity index (χ2n) is 26.9. The summed E-state index contributed by atoms with van der Waals surface area (Å²) in [4.78, 5) is 125. The number of rotatable bonds is 42. The minimum Gasteiger partial charge on any atom is -0.507 e. The van der Waals surface area contributed by atoms with Gasteiger partial charge in [-0.25, -0.2) is 9.48 Å². The van der Waals surface area contributed by atoms with Crippen molar-refractivity contribution in [3.8, 4) is 28.4 Å². The van der Waals surface area contributed by atoms with Crippen LogP contribution in [0.15, 0.2) is 30.3 Å². The molecule has 5 amide bonds. The molecule has 5 fully saturated rings. The molecule has 1 aromatic heterocycles. The maximum atomic E-state index is 14.4. The highest BCUT2D eigenvalue weighted by Crippen LogP contribution is 2.58. The number of amides is 5. The number of methoxy groups -OCH3 is 1. The molecule has 8 rings (SSSR count). The molecule has 4 saturated carbocycles. The SMILES string of the molecule is COc1cccc(O)c1-c1cc(C(=O)NC2(C(=O)O)C3CC4CC(C3)CC2C4)nn1-c1c#cc(C(=O)N(C)CCCN(C)CCCN(C)C(=O)CCC(=O)NCCCOCCOCCOCCCNC(=O)CCC(C(=O)O)N2CCN(CC(=O)O)CCN(CC(=O)O)CC2)cc1C(C)C. The molecule has 0 radical (unpaired) electrons. The lowest BCUT2D eigenvalue weighted by Crippen LogP contribution is -2.70. The van der Waals surface area contributed by atoms with Crippen LogP contribution in [0.2, 0.25) is 0 Å². The van der Waals surface area contributed by atoms with E-state index in [2.05, 4.69) is 33.0 Å². The van der Waals surface area contributed by atoms with Gasteiger partial charge in [0.25, 0.3) is 11.8 Å². The van der Waals surface area contributed by atoms with E-state index in [1.165, 1.54) is 23.9 Å². The van der Waals surface area contributed by atoms with Gasteiger partial charge in [-0.3, -0.25) is 53.1 Å². The standard InChI is InChI=1S/C70H103N11O18/c1-47(2)53-43-50(14-15-55(53)81-57(65-58(82)12-7-13-59(65)96-6)44-54(74-81)66(90)73-70(69(94)95)51-39-48-38-49(41-51)42-52(70)40-48)67(91)77(5)25-11-23-75(3)22-10-24-76(4)62(85)19-18-61(84)72-21-9-33-98-35-37-99-36-34-97-32-8-20-71-60(83)17-16-56(68(92)93)80-30-28-78(45-63(86)87)26-27-79(29-31-80)46-64(88)89/h7,12-13,43-44,47-49,51-52,56,82H,8-11,16-42,45-46H2,1-6H3,(H,71,83)(H,72,84)(H,73,90)(H,86,87)(H,88,89)(H,92,93)(H,94,95). The Balaban J connectivity index is 0.721. The lowest BCUT2D eigenvalue weighted by Gasteiger charge is -2.59. The summed E-state index contributed by atoms with van der Waals surface area (Å²) >= 11 is 0. The van der Waals surface area contributed by atoms with Gasteiger partial charge in [-0.05, 0) is 150 Å². The van der Waals surface area contributed by atoms with E-state index in [0.717, 1.165) is 32.1 Å². The number of carbonyl (C=O) groups excluding carboxylic acids is 5. The fourth-order valence-electron chi connectivity index (χ4n) is 14.3. The molecule has 29 heteroatoms. The number of phenolic OH excluding ortho intramolecular Hbond substituents is 1. The molecule has 1 aliphatic heterocycles. The molecule has 0 spiro atoms. The molecular formula is C70H103N11O18. The first-order valence-electron chi connectivity index (χ1n) is 34.7. The highest BCUT2D eigenvalue weighted by molar-refractivity contribution is 5.98. The Labute approximate surface area is 579 Å². The van der Waals surface area contributed by atoms with Crippen molar-refractivity contribution in [3.05, 3.63) is 59.3 Å². The quantitative estimate of drug-likeness (QED) is 0.0377. The third kappa shape index (κ3) is 22.8. The van der Waals surface area contributed by atoms with Gasteiger partial charge in [0.05, 0.1) is 63.4 Å². The fraction of sp³-hybridized carbons (Fsp3) is 0.657. The average molecular weight is 1390 g/mol. The molecule has 546 valence electrons. The Morgan fingerprint density at radius 2 is 1.21 bits per heavy atom. The number of benzene rings is 1. The van der Waals surface area contributed by atoms with Crippen LogP contribution in [0.1, 0.15) is 130 Å². The van der Waals surface area contributed by atoms with Crippen LogP contribution in [-0.2, 0) is 47.8 Å². The largest absolute Gasteiger partial charge is 0.507 e. The molecule has 99 heavy (non-hydrogen) atoms. The molecule has 1 unspecified atom stereocenters. The van der Waals surface area contributed by atoms with E-state index >= 15 is 0 Å².